The van der Waals surface area contributed by atoms with Crippen molar-refractivity contribution >= 4 is 46.4 Å². The number of halogens is 1. The number of thiophene rings is 1. The first-order chi connectivity index (χ1) is 15.6. The molecule has 164 valence electrons. The van der Waals surface area contributed by atoms with Crippen LogP contribution in [-0.4, -0.2) is 28.0 Å². The van der Waals surface area contributed by atoms with Gasteiger partial charge in [-0.3, -0.25) is 14.6 Å². The highest BCUT2D eigenvalue weighted by Crippen LogP contribution is 2.44. The molecule has 8 heteroatoms. The summed E-state index contributed by atoms with van der Waals surface area (Å²) in [4.78, 5) is 32.1. The van der Waals surface area contributed by atoms with E-state index < -0.39 is 10.8 Å². The van der Waals surface area contributed by atoms with E-state index in [4.69, 9.17) is 16.3 Å². The number of hydrogen-bond acceptors (Lipinski definition) is 6. The first kappa shape index (κ1) is 21.5. The van der Waals surface area contributed by atoms with E-state index in [1.54, 1.807) is 12.3 Å². The Balaban J connectivity index is 1.51. The van der Waals surface area contributed by atoms with Crippen LogP contribution in [0.3, 0.4) is 0 Å². The van der Waals surface area contributed by atoms with Gasteiger partial charge in [-0.15, -0.1) is 11.8 Å². The molecule has 0 spiro atoms. The highest BCUT2D eigenvalue weighted by molar-refractivity contribution is 8.01. The summed E-state index contributed by atoms with van der Waals surface area (Å²) >= 11 is 8.97. The molecule has 1 saturated carbocycles. The van der Waals surface area contributed by atoms with Crippen molar-refractivity contribution in [1.29, 1.82) is 0 Å². The average Bonchev–Trinajstić information content (AvgIpc) is 3.30. The summed E-state index contributed by atoms with van der Waals surface area (Å²) < 4.78 is 6.22. The highest BCUT2D eigenvalue weighted by atomic mass is 35.5. The van der Waals surface area contributed by atoms with Crippen LogP contribution in [0.15, 0.2) is 64.3 Å². The van der Waals surface area contributed by atoms with Crippen LogP contribution in [0, 0.1) is 0 Å². The van der Waals surface area contributed by atoms with E-state index in [0.717, 1.165) is 24.8 Å². The van der Waals surface area contributed by atoms with Gasteiger partial charge in [0.15, 0.2) is 5.78 Å². The molecular formula is C24H21ClN2O3S2. The zero-order valence-electron chi connectivity index (χ0n) is 17.1. The Bertz CT molecular complexity index is 1130. The number of Topliss-reactive ketones (excluding diaryl/α,β-unsaturated/α-hetero) is 1. The topological polar surface area (TPSA) is 68.3 Å². The SMILES string of the molecule is O=C1CC(c2ccsc2)(c2ncccc2OC2CCC2)NC(=O)C1Sc1ccccc1Cl. The Kier molecular flexibility index (Phi) is 5.97. The van der Waals surface area contributed by atoms with E-state index in [1.807, 2.05) is 47.2 Å². The summed E-state index contributed by atoms with van der Waals surface area (Å²) in [6.45, 7) is 0. The van der Waals surface area contributed by atoms with Gasteiger partial charge in [0.1, 0.15) is 22.2 Å². The standard InChI is InChI=1S/C24H21ClN2O3S2/c25-17-7-1-2-9-20(17)32-21-18(28)13-24(27-23(21)29,15-10-12-31-14-15)22-19(8-4-11-26-22)30-16-5-3-6-16/h1-2,4,7-12,14,16,21H,3,5-6,13H2,(H,27,29). The number of piperidine rings is 1. The predicted octanol–water partition coefficient (Wildman–Crippen LogP) is 5.22. The second-order valence-electron chi connectivity index (χ2n) is 8.00. The number of benzene rings is 1. The van der Waals surface area contributed by atoms with Crippen LogP contribution < -0.4 is 10.1 Å². The molecule has 0 bridgehead atoms. The fourth-order valence-corrected chi connectivity index (χ4v) is 6.01. The minimum Gasteiger partial charge on any atom is -0.488 e. The molecule has 3 aromatic rings. The molecule has 1 aromatic carbocycles. The van der Waals surface area contributed by atoms with Crippen molar-refractivity contribution in [2.24, 2.45) is 0 Å². The van der Waals surface area contributed by atoms with Crippen molar-refractivity contribution in [2.75, 3.05) is 0 Å². The normalized spacial score (nSPS) is 23.5. The molecule has 5 nitrogen and oxygen atoms in total. The van der Waals surface area contributed by atoms with Gasteiger partial charge in [-0.1, -0.05) is 23.7 Å². The fourth-order valence-electron chi connectivity index (χ4n) is 4.04. The summed E-state index contributed by atoms with van der Waals surface area (Å²) in [5.74, 6) is 0.108. The van der Waals surface area contributed by atoms with Gasteiger partial charge in [0.2, 0.25) is 5.91 Å². The number of carbonyl (C=O) groups excluding carboxylic acids is 2. The monoisotopic (exact) mass is 484 g/mol. The second-order valence-corrected chi connectivity index (χ2v) is 10.3. The Morgan fingerprint density at radius 2 is 2.00 bits per heavy atom. The van der Waals surface area contributed by atoms with Gasteiger partial charge in [-0.05, 0) is 65.9 Å². The maximum atomic E-state index is 13.4. The molecule has 1 amide bonds. The average molecular weight is 485 g/mol. The quantitative estimate of drug-likeness (QED) is 0.486. The first-order valence-electron chi connectivity index (χ1n) is 10.5. The van der Waals surface area contributed by atoms with Crippen LogP contribution in [0.4, 0.5) is 0 Å². The molecule has 2 aromatic heterocycles. The number of amides is 1. The Morgan fingerprint density at radius 3 is 2.69 bits per heavy atom. The zero-order valence-corrected chi connectivity index (χ0v) is 19.5. The number of ether oxygens (including phenoxy) is 1. The smallest absolute Gasteiger partial charge is 0.242 e. The first-order valence-corrected chi connectivity index (χ1v) is 12.7. The summed E-state index contributed by atoms with van der Waals surface area (Å²) in [5, 5.41) is 6.70. The van der Waals surface area contributed by atoms with E-state index in [9.17, 15) is 9.59 Å². The molecule has 2 atom stereocenters. The van der Waals surface area contributed by atoms with E-state index in [2.05, 4.69) is 10.3 Å². The van der Waals surface area contributed by atoms with Crippen molar-refractivity contribution in [1.82, 2.24) is 10.3 Å². The number of carbonyl (C=O) groups is 2. The maximum Gasteiger partial charge on any atom is 0.242 e. The summed E-state index contributed by atoms with van der Waals surface area (Å²) in [5.41, 5.74) is 0.349. The summed E-state index contributed by atoms with van der Waals surface area (Å²) in [7, 11) is 0. The van der Waals surface area contributed by atoms with Crippen LogP contribution in [0.5, 0.6) is 5.75 Å². The van der Waals surface area contributed by atoms with Crippen molar-refractivity contribution in [3.05, 3.63) is 75.7 Å². The Morgan fingerprint density at radius 1 is 1.16 bits per heavy atom. The molecule has 1 N–H and O–H groups in total. The van der Waals surface area contributed by atoms with Crippen molar-refractivity contribution in [3.8, 4) is 5.75 Å². The van der Waals surface area contributed by atoms with Crippen LogP contribution in [0.1, 0.15) is 36.9 Å². The lowest BCUT2D eigenvalue weighted by Gasteiger charge is -2.40. The lowest BCUT2D eigenvalue weighted by Crippen LogP contribution is -2.58. The van der Waals surface area contributed by atoms with Crippen molar-refractivity contribution in [3.63, 3.8) is 0 Å². The molecule has 2 aliphatic rings. The maximum absolute atomic E-state index is 13.4. The molecule has 32 heavy (non-hydrogen) atoms. The molecule has 1 saturated heterocycles. The number of pyridine rings is 1. The Hall–Kier alpha value is -2.35. The molecule has 3 heterocycles. The number of rotatable bonds is 6. The lowest BCUT2D eigenvalue weighted by atomic mass is 9.79. The number of nitrogens with one attached hydrogen (secondary N) is 1. The van der Waals surface area contributed by atoms with Gasteiger partial charge in [0, 0.05) is 17.5 Å². The van der Waals surface area contributed by atoms with Crippen LogP contribution in [0.2, 0.25) is 5.02 Å². The molecule has 5 rings (SSSR count). The van der Waals surface area contributed by atoms with Gasteiger partial charge in [0.05, 0.1) is 11.1 Å². The van der Waals surface area contributed by atoms with Gasteiger partial charge in [0.25, 0.3) is 0 Å². The zero-order chi connectivity index (χ0) is 22.1. The second kappa shape index (κ2) is 8.89. The largest absolute Gasteiger partial charge is 0.488 e. The highest BCUT2D eigenvalue weighted by Gasteiger charge is 2.50. The predicted molar refractivity (Wildman–Crippen MR) is 126 cm³/mol. The minimum absolute atomic E-state index is 0.0929. The van der Waals surface area contributed by atoms with E-state index in [1.165, 1.54) is 23.1 Å². The molecule has 2 unspecified atom stereocenters. The van der Waals surface area contributed by atoms with Crippen LogP contribution in [-0.2, 0) is 15.1 Å². The summed E-state index contributed by atoms with van der Waals surface area (Å²) in [6, 6.07) is 12.9. The fraction of sp³-hybridized carbons (Fsp3) is 0.292. The number of aromatic nitrogens is 1. The lowest BCUT2D eigenvalue weighted by molar-refractivity contribution is -0.133. The van der Waals surface area contributed by atoms with Gasteiger partial charge < -0.3 is 10.1 Å². The van der Waals surface area contributed by atoms with Gasteiger partial charge in [-0.2, -0.15) is 11.3 Å². The third-order valence-electron chi connectivity index (χ3n) is 5.92. The van der Waals surface area contributed by atoms with Gasteiger partial charge >= 0.3 is 0 Å². The third kappa shape index (κ3) is 3.93. The van der Waals surface area contributed by atoms with Crippen LogP contribution in [0.25, 0.3) is 0 Å². The van der Waals surface area contributed by atoms with E-state index in [0.29, 0.717) is 21.4 Å². The minimum atomic E-state index is -1.06. The molecule has 1 aliphatic heterocycles. The van der Waals surface area contributed by atoms with E-state index >= 15 is 0 Å². The molecule has 1 aliphatic carbocycles. The van der Waals surface area contributed by atoms with Gasteiger partial charge in [-0.25, -0.2) is 0 Å². The number of ketones is 1. The van der Waals surface area contributed by atoms with Crippen molar-refractivity contribution in [2.45, 2.75) is 47.5 Å². The molecule has 0 radical (unpaired) electrons. The number of thioether (sulfide) groups is 1. The molecular weight excluding hydrogens is 464 g/mol. The van der Waals surface area contributed by atoms with E-state index in [-0.39, 0.29) is 24.2 Å². The third-order valence-corrected chi connectivity index (χ3v) is 8.37. The summed E-state index contributed by atoms with van der Waals surface area (Å²) in [6.07, 6.45) is 5.07. The molecule has 2 fully saturated rings. The number of hydrogen-bond donors (Lipinski definition) is 1. The Labute approximate surface area is 199 Å². The van der Waals surface area contributed by atoms with Crippen molar-refractivity contribution < 1.29 is 14.3 Å². The number of nitrogens with zero attached hydrogens (tertiary/aromatic N) is 1. The van der Waals surface area contributed by atoms with Crippen LogP contribution >= 0.6 is 34.7 Å².